The Hall–Kier alpha value is -2.34. The number of aliphatic imine (C=N–C) groups is 1. The van der Waals surface area contributed by atoms with Crippen LogP contribution in [0.5, 0.6) is 0 Å². The number of nitrogens with zero attached hydrogens (tertiary/aromatic N) is 1. The lowest BCUT2D eigenvalue weighted by atomic mass is 10.0. The van der Waals surface area contributed by atoms with Gasteiger partial charge in [0.25, 0.3) is 0 Å². The molecule has 0 spiro atoms. The number of carboxylic acid groups (broad SMARTS) is 1. The highest BCUT2D eigenvalue weighted by molar-refractivity contribution is 6.15. The second-order valence-electron chi connectivity index (χ2n) is 4.35. The van der Waals surface area contributed by atoms with Crippen molar-refractivity contribution in [2.75, 3.05) is 26.9 Å². The third kappa shape index (κ3) is 4.06. The Morgan fingerprint density at radius 3 is 2.95 bits per heavy atom. The van der Waals surface area contributed by atoms with Crippen molar-refractivity contribution in [3.05, 3.63) is 41.7 Å². The molecule has 0 saturated carbocycles. The average Bonchev–Trinajstić information content (AvgIpc) is 2.52. The van der Waals surface area contributed by atoms with Gasteiger partial charge in [-0.3, -0.25) is 4.99 Å². The number of carboxylic acids is 1. The van der Waals surface area contributed by atoms with Crippen molar-refractivity contribution in [2.45, 2.75) is 6.61 Å². The molecular formula is C15H17NO5. The molecule has 1 aromatic rings. The second-order valence-corrected chi connectivity index (χ2v) is 4.35. The highest BCUT2D eigenvalue weighted by atomic mass is 16.5. The van der Waals surface area contributed by atoms with E-state index in [1.54, 1.807) is 12.1 Å². The maximum Gasteiger partial charge on any atom is 0.339 e. The first-order valence-corrected chi connectivity index (χ1v) is 6.50. The molecule has 0 atom stereocenters. The van der Waals surface area contributed by atoms with Crippen LogP contribution < -0.4 is 0 Å². The Balaban J connectivity index is 2.18. The molecule has 1 aliphatic heterocycles. The number of hydrogen-bond donors (Lipinski definition) is 1. The van der Waals surface area contributed by atoms with Gasteiger partial charge in [0.2, 0.25) is 5.90 Å². The van der Waals surface area contributed by atoms with Crippen molar-refractivity contribution in [1.29, 1.82) is 0 Å². The van der Waals surface area contributed by atoms with Gasteiger partial charge < -0.3 is 19.3 Å². The lowest BCUT2D eigenvalue weighted by molar-refractivity contribution is -0.130. The topological polar surface area (TPSA) is 77.4 Å². The lowest BCUT2D eigenvalue weighted by Gasteiger charge is -2.15. The number of methoxy groups -OCH3 is 1. The zero-order valence-electron chi connectivity index (χ0n) is 11.7. The molecule has 1 N–H and O–H groups in total. The molecule has 1 aliphatic rings. The van der Waals surface area contributed by atoms with Gasteiger partial charge >= 0.3 is 5.97 Å². The molecule has 1 heterocycles. The number of ether oxygens (including phenoxy) is 3. The quantitative estimate of drug-likeness (QED) is 0.660. The van der Waals surface area contributed by atoms with Crippen LogP contribution in [-0.4, -0.2) is 43.8 Å². The van der Waals surface area contributed by atoms with E-state index in [2.05, 4.69) is 4.99 Å². The van der Waals surface area contributed by atoms with Crippen LogP contribution in [0.25, 0.3) is 5.57 Å². The van der Waals surface area contributed by atoms with E-state index in [0.717, 1.165) is 5.56 Å². The molecule has 0 bridgehead atoms. The standard InChI is InChI=1S/C15H17NO5/c1-19-9-13(15(17)18)12-5-3-2-4-11(12)8-21-14-10-20-7-6-16-14/h2-5,9H,6-8,10H2,1H3,(H,17,18)/b13-9+. The minimum absolute atomic E-state index is 0.0820. The van der Waals surface area contributed by atoms with Gasteiger partial charge in [0, 0.05) is 0 Å². The Kier molecular flexibility index (Phi) is 5.34. The lowest BCUT2D eigenvalue weighted by Crippen LogP contribution is -2.20. The van der Waals surface area contributed by atoms with Crippen LogP contribution in [0.1, 0.15) is 11.1 Å². The fourth-order valence-corrected chi connectivity index (χ4v) is 1.94. The zero-order valence-corrected chi connectivity index (χ0v) is 11.7. The molecule has 2 rings (SSSR count). The molecule has 0 amide bonds. The van der Waals surface area contributed by atoms with Crippen molar-refractivity contribution in [3.8, 4) is 0 Å². The summed E-state index contributed by atoms with van der Waals surface area (Å²) in [5.41, 5.74) is 1.39. The van der Waals surface area contributed by atoms with Crippen molar-refractivity contribution in [1.82, 2.24) is 0 Å². The highest BCUT2D eigenvalue weighted by Crippen LogP contribution is 2.21. The number of benzene rings is 1. The molecule has 0 aliphatic carbocycles. The van der Waals surface area contributed by atoms with E-state index in [4.69, 9.17) is 14.2 Å². The van der Waals surface area contributed by atoms with Crippen LogP contribution in [0.15, 0.2) is 35.5 Å². The maximum atomic E-state index is 11.3. The summed E-state index contributed by atoms with van der Waals surface area (Å²) >= 11 is 0. The van der Waals surface area contributed by atoms with Crippen LogP contribution in [0.2, 0.25) is 0 Å². The Bertz CT molecular complexity index is 565. The second kappa shape index (κ2) is 7.44. The minimum atomic E-state index is -1.05. The summed E-state index contributed by atoms with van der Waals surface area (Å²) in [7, 11) is 1.41. The Morgan fingerprint density at radius 2 is 2.29 bits per heavy atom. The molecule has 1 aromatic carbocycles. The monoisotopic (exact) mass is 291 g/mol. The van der Waals surface area contributed by atoms with Gasteiger partial charge in [-0.05, 0) is 11.1 Å². The first kappa shape index (κ1) is 15.1. The third-order valence-corrected chi connectivity index (χ3v) is 2.92. The summed E-state index contributed by atoms with van der Waals surface area (Å²) in [5, 5.41) is 9.27. The largest absolute Gasteiger partial charge is 0.503 e. The fraction of sp³-hybridized carbons (Fsp3) is 0.333. The zero-order chi connectivity index (χ0) is 15.1. The summed E-state index contributed by atoms with van der Waals surface area (Å²) in [4.78, 5) is 15.5. The molecule has 0 radical (unpaired) electrons. The van der Waals surface area contributed by atoms with Crippen LogP contribution in [0, 0.1) is 0 Å². The molecule has 0 unspecified atom stereocenters. The molecule has 0 saturated heterocycles. The molecule has 112 valence electrons. The first-order valence-electron chi connectivity index (χ1n) is 6.50. The van der Waals surface area contributed by atoms with E-state index in [9.17, 15) is 9.90 Å². The summed E-state index contributed by atoms with van der Waals surface area (Å²) in [6, 6.07) is 7.13. The fourth-order valence-electron chi connectivity index (χ4n) is 1.94. The first-order chi connectivity index (χ1) is 10.2. The molecule has 0 fully saturated rings. The SMILES string of the molecule is CO/C=C(/C(=O)O)c1ccccc1COC1=NCCOC1. The normalized spacial score (nSPS) is 15.3. The highest BCUT2D eigenvalue weighted by Gasteiger charge is 2.16. The van der Waals surface area contributed by atoms with Crippen LogP contribution in [0.4, 0.5) is 0 Å². The van der Waals surface area contributed by atoms with Gasteiger partial charge in [0.05, 0.1) is 26.5 Å². The van der Waals surface area contributed by atoms with Crippen molar-refractivity contribution in [3.63, 3.8) is 0 Å². The third-order valence-electron chi connectivity index (χ3n) is 2.92. The van der Waals surface area contributed by atoms with Crippen molar-refractivity contribution < 1.29 is 24.1 Å². The average molecular weight is 291 g/mol. The van der Waals surface area contributed by atoms with E-state index < -0.39 is 5.97 Å². The van der Waals surface area contributed by atoms with Gasteiger partial charge in [0.1, 0.15) is 18.8 Å². The Labute approximate surface area is 122 Å². The summed E-state index contributed by atoms with van der Waals surface area (Å²) in [5.74, 6) is -0.522. The molecule has 6 nitrogen and oxygen atoms in total. The Morgan fingerprint density at radius 1 is 1.48 bits per heavy atom. The van der Waals surface area contributed by atoms with E-state index in [-0.39, 0.29) is 12.2 Å². The number of rotatable bonds is 5. The van der Waals surface area contributed by atoms with Crippen LogP contribution in [0.3, 0.4) is 0 Å². The van der Waals surface area contributed by atoms with Crippen LogP contribution in [-0.2, 0) is 25.6 Å². The predicted octanol–water partition coefficient (Wildman–Crippen LogP) is 1.70. The van der Waals surface area contributed by atoms with Gasteiger partial charge in [-0.15, -0.1) is 0 Å². The number of aliphatic carboxylic acids is 1. The van der Waals surface area contributed by atoms with Crippen LogP contribution >= 0.6 is 0 Å². The van der Waals surface area contributed by atoms with Gasteiger partial charge in [-0.1, -0.05) is 24.3 Å². The van der Waals surface area contributed by atoms with E-state index in [1.807, 2.05) is 12.1 Å². The van der Waals surface area contributed by atoms with Gasteiger partial charge in [0.15, 0.2) is 0 Å². The van der Waals surface area contributed by atoms with Gasteiger partial charge in [-0.25, -0.2) is 4.79 Å². The van der Waals surface area contributed by atoms with E-state index >= 15 is 0 Å². The van der Waals surface area contributed by atoms with E-state index in [1.165, 1.54) is 13.4 Å². The smallest absolute Gasteiger partial charge is 0.339 e. The predicted molar refractivity (Wildman–Crippen MR) is 77.0 cm³/mol. The molecule has 21 heavy (non-hydrogen) atoms. The molecule has 6 heteroatoms. The molecule has 0 aromatic heterocycles. The van der Waals surface area contributed by atoms with Gasteiger partial charge in [-0.2, -0.15) is 0 Å². The van der Waals surface area contributed by atoms with E-state index in [0.29, 0.717) is 31.2 Å². The van der Waals surface area contributed by atoms with Crippen molar-refractivity contribution in [2.24, 2.45) is 4.99 Å². The van der Waals surface area contributed by atoms with Crippen molar-refractivity contribution >= 4 is 17.4 Å². The summed E-state index contributed by atoms with van der Waals surface area (Å²) in [6.07, 6.45) is 1.21. The summed E-state index contributed by atoms with van der Waals surface area (Å²) in [6.45, 7) is 1.76. The summed E-state index contributed by atoms with van der Waals surface area (Å²) < 4.78 is 15.7. The minimum Gasteiger partial charge on any atom is -0.503 e. The number of carbonyl (C=O) groups is 1. The number of hydrogen-bond acceptors (Lipinski definition) is 5. The molecular weight excluding hydrogens is 274 g/mol. The maximum absolute atomic E-state index is 11.3.